The zero-order valence-electron chi connectivity index (χ0n) is 22.5. The molecule has 1 aromatic carbocycles. The van der Waals surface area contributed by atoms with Gasteiger partial charge in [0.25, 0.3) is 0 Å². The minimum atomic E-state index is -0.210. The monoisotopic (exact) mass is 540 g/mol. The lowest BCUT2D eigenvalue weighted by molar-refractivity contribution is 0.105. The van der Waals surface area contributed by atoms with E-state index in [9.17, 15) is 4.39 Å². The number of fused-ring (bicyclic) bond motifs is 1. The predicted octanol–water partition coefficient (Wildman–Crippen LogP) is 4.32. The van der Waals surface area contributed by atoms with Crippen molar-refractivity contribution in [2.45, 2.75) is 25.3 Å². The van der Waals surface area contributed by atoms with Crippen molar-refractivity contribution in [2.24, 2.45) is 0 Å². The molecule has 0 saturated carbocycles. The van der Waals surface area contributed by atoms with Gasteiger partial charge in [-0.05, 0) is 54.8 Å². The maximum atomic E-state index is 14.0. The van der Waals surface area contributed by atoms with Crippen LogP contribution < -0.4 is 9.80 Å². The van der Waals surface area contributed by atoms with E-state index in [1.54, 1.807) is 12.1 Å². The second-order valence-electron chi connectivity index (χ2n) is 10.2. The Morgan fingerprint density at radius 1 is 0.975 bits per heavy atom. The van der Waals surface area contributed by atoms with Crippen LogP contribution in [0.1, 0.15) is 30.9 Å². The molecule has 0 bridgehead atoms. The van der Waals surface area contributed by atoms with Gasteiger partial charge < -0.3 is 14.5 Å². The number of pyridine rings is 1. The number of hydrogen-bond donors (Lipinski definition) is 0. The standard InChI is InChI=1S/C30H33FN8O/c31-24-6-1-5-23(21-24)26-8-3-13-38(26)30-11-10-28-33-22-27(39(28)35-30)25-7-2-9-29(34-25)37-16-14-36(15-17-37)18-20-40-19-4-12-32/h1-2,5-7,9-11,21-22,26H,3-4,8,13-20H2/t26-/m1/s1. The van der Waals surface area contributed by atoms with Crippen molar-refractivity contribution in [1.29, 1.82) is 5.26 Å². The lowest BCUT2D eigenvalue weighted by Gasteiger charge is -2.35. The van der Waals surface area contributed by atoms with Crippen LogP contribution >= 0.6 is 0 Å². The van der Waals surface area contributed by atoms with E-state index in [-0.39, 0.29) is 11.9 Å². The van der Waals surface area contributed by atoms with Crippen molar-refractivity contribution >= 4 is 17.3 Å². The normalized spacial score (nSPS) is 17.9. The van der Waals surface area contributed by atoms with Crippen molar-refractivity contribution in [2.75, 3.05) is 62.3 Å². The van der Waals surface area contributed by atoms with Crippen LogP contribution in [0.15, 0.2) is 60.8 Å². The van der Waals surface area contributed by atoms with Crippen LogP contribution in [0.4, 0.5) is 16.0 Å². The third kappa shape index (κ3) is 5.62. The van der Waals surface area contributed by atoms with Gasteiger partial charge in [0.05, 0.1) is 43.6 Å². The van der Waals surface area contributed by atoms with Crippen LogP contribution in [0.2, 0.25) is 0 Å². The zero-order chi connectivity index (χ0) is 27.3. The molecule has 2 saturated heterocycles. The Morgan fingerprint density at radius 2 is 1.85 bits per heavy atom. The highest BCUT2D eigenvalue weighted by Gasteiger charge is 2.28. The molecule has 5 heterocycles. The highest BCUT2D eigenvalue weighted by Crippen LogP contribution is 2.35. The van der Waals surface area contributed by atoms with E-state index in [1.165, 1.54) is 6.07 Å². The molecule has 40 heavy (non-hydrogen) atoms. The van der Waals surface area contributed by atoms with Crippen molar-refractivity contribution in [3.63, 3.8) is 0 Å². The average molecular weight is 541 g/mol. The van der Waals surface area contributed by atoms with E-state index < -0.39 is 0 Å². The van der Waals surface area contributed by atoms with E-state index in [1.807, 2.05) is 41.0 Å². The van der Waals surface area contributed by atoms with Crippen LogP contribution in [0.3, 0.4) is 0 Å². The van der Waals surface area contributed by atoms with E-state index in [2.05, 4.69) is 31.8 Å². The van der Waals surface area contributed by atoms with Crippen LogP contribution in [-0.4, -0.2) is 77.0 Å². The van der Waals surface area contributed by atoms with Gasteiger partial charge in [-0.3, -0.25) is 4.90 Å². The van der Waals surface area contributed by atoms with Crippen molar-refractivity contribution in [3.8, 4) is 17.5 Å². The fraction of sp³-hybridized carbons (Fsp3) is 0.400. The van der Waals surface area contributed by atoms with Gasteiger partial charge in [-0.1, -0.05) is 18.2 Å². The molecule has 4 aromatic rings. The molecule has 2 aliphatic heterocycles. The summed E-state index contributed by atoms with van der Waals surface area (Å²) in [6, 6.07) is 19.2. The van der Waals surface area contributed by atoms with E-state index >= 15 is 0 Å². The number of hydrogen-bond acceptors (Lipinski definition) is 8. The first-order chi connectivity index (χ1) is 19.7. The first-order valence-electron chi connectivity index (χ1n) is 14.0. The summed E-state index contributed by atoms with van der Waals surface area (Å²) < 4.78 is 21.4. The lowest BCUT2D eigenvalue weighted by atomic mass is 10.0. The molecule has 6 rings (SSSR count). The number of aromatic nitrogens is 4. The summed E-state index contributed by atoms with van der Waals surface area (Å²) in [5, 5.41) is 13.6. The van der Waals surface area contributed by atoms with Crippen LogP contribution in [-0.2, 0) is 4.74 Å². The molecule has 206 valence electrons. The highest BCUT2D eigenvalue weighted by molar-refractivity contribution is 5.62. The van der Waals surface area contributed by atoms with Crippen LogP contribution in [0, 0.1) is 17.1 Å². The molecule has 0 amide bonds. The van der Waals surface area contributed by atoms with Gasteiger partial charge in [0.15, 0.2) is 5.65 Å². The Morgan fingerprint density at radius 3 is 2.70 bits per heavy atom. The quantitative estimate of drug-likeness (QED) is 0.290. The average Bonchev–Trinajstić information content (AvgIpc) is 3.65. The maximum absolute atomic E-state index is 14.0. The number of nitrogens with zero attached hydrogens (tertiary/aromatic N) is 8. The smallest absolute Gasteiger partial charge is 0.154 e. The summed E-state index contributed by atoms with van der Waals surface area (Å²) in [5.41, 5.74) is 3.41. The number of halogens is 1. The third-order valence-corrected chi connectivity index (χ3v) is 7.73. The Kier molecular flexibility index (Phi) is 7.84. The zero-order valence-corrected chi connectivity index (χ0v) is 22.5. The van der Waals surface area contributed by atoms with Crippen molar-refractivity contribution in [1.82, 2.24) is 24.5 Å². The number of anilines is 2. The van der Waals surface area contributed by atoms with E-state index in [4.69, 9.17) is 20.1 Å². The number of rotatable bonds is 9. The number of imidazole rings is 1. The lowest BCUT2D eigenvalue weighted by Crippen LogP contribution is -2.47. The van der Waals surface area contributed by atoms with Gasteiger partial charge in [-0.25, -0.2) is 18.9 Å². The molecular formula is C30H33FN8O. The fourth-order valence-corrected chi connectivity index (χ4v) is 5.65. The number of piperazine rings is 1. The second kappa shape index (κ2) is 12.0. The molecule has 3 aromatic heterocycles. The topological polar surface area (TPSA) is 85.8 Å². The molecule has 0 radical (unpaired) electrons. The molecule has 0 N–H and O–H groups in total. The summed E-state index contributed by atoms with van der Waals surface area (Å²) in [4.78, 5) is 16.6. The summed E-state index contributed by atoms with van der Waals surface area (Å²) in [6.07, 6.45) is 4.26. The molecule has 2 fully saturated rings. The van der Waals surface area contributed by atoms with Gasteiger partial charge in [-0.2, -0.15) is 5.26 Å². The molecule has 2 aliphatic rings. The molecule has 0 unspecified atom stereocenters. The highest BCUT2D eigenvalue weighted by atomic mass is 19.1. The van der Waals surface area contributed by atoms with Crippen LogP contribution in [0.25, 0.3) is 17.0 Å². The third-order valence-electron chi connectivity index (χ3n) is 7.73. The largest absolute Gasteiger partial charge is 0.379 e. The number of ether oxygens (including phenoxy) is 1. The second-order valence-corrected chi connectivity index (χ2v) is 10.2. The van der Waals surface area contributed by atoms with E-state index in [0.717, 1.165) is 86.3 Å². The number of benzene rings is 1. The van der Waals surface area contributed by atoms with Crippen molar-refractivity contribution in [3.05, 3.63) is 72.2 Å². The Balaban J connectivity index is 1.17. The first-order valence-corrected chi connectivity index (χ1v) is 14.0. The van der Waals surface area contributed by atoms with E-state index in [0.29, 0.717) is 19.6 Å². The minimum absolute atomic E-state index is 0.0943. The fourth-order valence-electron chi connectivity index (χ4n) is 5.65. The molecule has 0 spiro atoms. The van der Waals surface area contributed by atoms with Gasteiger partial charge in [0.2, 0.25) is 0 Å². The molecule has 10 heteroatoms. The summed E-state index contributed by atoms with van der Waals surface area (Å²) >= 11 is 0. The van der Waals surface area contributed by atoms with Crippen LogP contribution in [0.5, 0.6) is 0 Å². The summed E-state index contributed by atoms with van der Waals surface area (Å²) in [7, 11) is 0. The maximum Gasteiger partial charge on any atom is 0.154 e. The van der Waals surface area contributed by atoms with Crippen molar-refractivity contribution < 1.29 is 9.13 Å². The van der Waals surface area contributed by atoms with Gasteiger partial charge >= 0.3 is 0 Å². The first kappa shape index (κ1) is 26.2. The van der Waals surface area contributed by atoms with Gasteiger partial charge in [0, 0.05) is 39.3 Å². The summed E-state index contributed by atoms with van der Waals surface area (Å²) in [5.74, 6) is 1.58. The Hall–Kier alpha value is -4.07. The molecule has 1 atom stereocenters. The Bertz CT molecular complexity index is 1490. The minimum Gasteiger partial charge on any atom is -0.379 e. The molecule has 9 nitrogen and oxygen atoms in total. The predicted molar refractivity (Wildman–Crippen MR) is 152 cm³/mol. The SMILES string of the molecule is N#CCCOCCN1CCN(c2cccc(-c3cnc4ccc(N5CCC[C@@H]5c5cccc(F)c5)nn34)n2)CC1. The van der Waals surface area contributed by atoms with Gasteiger partial charge in [-0.15, -0.1) is 5.10 Å². The molecular weight excluding hydrogens is 507 g/mol. The molecule has 0 aliphatic carbocycles. The summed E-state index contributed by atoms with van der Waals surface area (Å²) in [6.45, 7) is 6.56. The number of nitriles is 1. The van der Waals surface area contributed by atoms with Gasteiger partial charge in [0.1, 0.15) is 23.1 Å². The Labute approximate surface area is 233 Å².